The van der Waals surface area contributed by atoms with E-state index in [9.17, 15) is 0 Å². The number of nitrogens with zero attached hydrogens (tertiary/aromatic N) is 1. The van der Waals surface area contributed by atoms with Gasteiger partial charge in [0.25, 0.3) is 0 Å². The van der Waals surface area contributed by atoms with Crippen LogP contribution in [0.4, 0.5) is 0 Å². The van der Waals surface area contributed by atoms with Crippen LogP contribution in [0.1, 0.15) is 0 Å². The molecule has 0 rings (SSSR count). The van der Waals surface area contributed by atoms with Gasteiger partial charge in [-0.05, 0) is 0 Å². The molecule has 0 spiro atoms. The van der Waals surface area contributed by atoms with Crippen LogP contribution in [0.15, 0.2) is 0 Å². The Bertz CT molecular complexity index is 156. The Morgan fingerprint density at radius 3 is 1.30 bits per heavy atom. The van der Waals surface area contributed by atoms with E-state index in [1.165, 1.54) is 0 Å². The van der Waals surface area contributed by atoms with Crippen molar-refractivity contribution in [3.05, 3.63) is 15.3 Å². The van der Waals surface area contributed by atoms with Crippen molar-refractivity contribution in [2.75, 3.05) is 0 Å². The number of hydrogen-bond acceptors (Lipinski definition) is 6. The predicted molar refractivity (Wildman–Crippen MR) is 28.4 cm³/mol. The summed E-state index contributed by atoms with van der Waals surface area (Å²) in [6, 6.07) is 0. The van der Waals surface area contributed by atoms with Gasteiger partial charge in [0.2, 0.25) is 10.4 Å². The van der Waals surface area contributed by atoms with Crippen LogP contribution in [-0.2, 0) is 10.4 Å². The molecule has 0 heterocycles. The number of hydrogen-bond donors (Lipinski definition) is 1. The molecule has 10 heavy (non-hydrogen) atoms. The van der Waals surface area contributed by atoms with E-state index in [0.29, 0.717) is 0 Å². The zero-order chi connectivity index (χ0) is 8.08. The van der Waals surface area contributed by atoms with Crippen molar-refractivity contribution in [2.45, 2.75) is 0 Å². The Morgan fingerprint density at radius 1 is 1.30 bits per heavy atom. The van der Waals surface area contributed by atoms with Crippen LogP contribution in [0.3, 0.4) is 0 Å². The van der Waals surface area contributed by atoms with Crippen molar-refractivity contribution >= 4 is 48.1 Å². The van der Waals surface area contributed by atoms with Gasteiger partial charge in [-0.1, -0.05) is 0 Å². The standard InChI is InChI=1S/Ca.NO3.H2O4S/c;2-1(3)4;1-5(2,3)4/h;;(H2,1,2,3,4)/q+2;-1;/p-1. The fraction of sp³-hybridized carbons (Fsp3) is 0. The van der Waals surface area contributed by atoms with E-state index >= 15 is 0 Å². The van der Waals surface area contributed by atoms with Gasteiger partial charge in [0.1, 0.15) is 0 Å². The van der Waals surface area contributed by atoms with Crippen LogP contribution in [0.25, 0.3) is 0 Å². The monoisotopic (exact) mass is 199 g/mol. The second-order valence-electron chi connectivity index (χ2n) is 0.651. The summed E-state index contributed by atoms with van der Waals surface area (Å²) in [5.74, 6) is 0. The molecule has 0 aromatic carbocycles. The van der Waals surface area contributed by atoms with Gasteiger partial charge < -0.3 is 19.9 Å². The molecule has 0 bridgehead atoms. The van der Waals surface area contributed by atoms with E-state index in [1.54, 1.807) is 0 Å². The second kappa shape index (κ2) is 7.44. The summed E-state index contributed by atoms with van der Waals surface area (Å²) in [5, 5.41) is 14.8. The van der Waals surface area contributed by atoms with Gasteiger partial charge in [-0.25, -0.2) is 8.42 Å². The topological polar surface area (TPSA) is 144 Å². The molecule has 0 radical (unpaired) electrons. The molecule has 0 amide bonds. The minimum Gasteiger partial charge on any atom is -0.726 e. The van der Waals surface area contributed by atoms with Crippen molar-refractivity contribution in [3.8, 4) is 0 Å². The Morgan fingerprint density at radius 2 is 1.30 bits per heavy atom. The van der Waals surface area contributed by atoms with Crippen molar-refractivity contribution in [1.82, 2.24) is 0 Å². The van der Waals surface area contributed by atoms with Crippen LogP contribution >= 0.6 is 0 Å². The Kier molecular flexibility index (Phi) is 12.4. The fourth-order valence-corrected chi connectivity index (χ4v) is 0. The maximum Gasteiger partial charge on any atom is 2.00 e. The first-order chi connectivity index (χ1) is 3.73. The van der Waals surface area contributed by atoms with Crippen LogP contribution < -0.4 is 0 Å². The molecular formula is HCaNO7S. The van der Waals surface area contributed by atoms with E-state index in [1.807, 2.05) is 0 Å². The van der Waals surface area contributed by atoms with Crippen molar-refractivity contribution < 1.29 is 22.6 Å². The van der Waals surface area contributed by atoms with Gasteiger partial charge in [-0.2, -0.15) is 0 Å². The summed E-state index contributed by atoms with van der Waals surface area (Å²) in [6.07, 6.45) is 0. The summed E-state index contributed by atoms with van der Waals surface area (Å²) in [6.45, 7) is 0. The van der Waals surface area contributed by atoms with Gasteiger partial charge in [0.15, 0.2) is 0 Å². The Labute approximate surface area is 85.5 Å². The van der Waals surface area contributed by atoms with Gasteiger partial charge in [0, 0.05) is 0 Å². The molecule has 0 aliphatic rings. The van der Waals surface area contributed by atoms with Crippen LogP contribution in [0.2, 0.25) is 0 Å². The summed E-state index contributed by atoms with van der Waals surface area (Å²) in [4.78, 5) is 8.25. The first-order valence-electron chi connectivity index (χ1n) is 1.23. The molecule has 0 fully saturated rings. The average molecular weight is 199 g/mol. The molecule has 0 saturated carbocycles. The Balaban J connectivity index is -0.0000000910. The largest absolute Gasteiger partial charge is 2.00 e. The zero-order valence-electron chi connectivity index (χ0n) is 4.46. The molecule has 56 valence electrons. The summed E-state index contributed by atoms with van der Waals surface area (Å²) in [7, 11) is -4.92. The molecule has 0 unspecified atom stereocenters. The molecule has 0 aromatic rings. The molecule has 0 saturated heterocycles. The second-order valence-corrected chi connectivity index (χ2v) is 1.51. The average Bonchev–Trinajstić information content (AvgIpc) is 1.19. The van der Waals surface area contributed by atoms with Crippen LogP contribution in [-0.4, -0.2) is 60.3 Å². The smallest absolute Gasteiger partial charge is 0.726 e. The molecule has 1 N–H and O–H groups in total. The van der Waals surface area contributed by atoms with E-state index in [4.69, 9.17) is 32.8 Å². The van der Waals surface area contributed by atoms with Crippen molar-refractivity contribution in [1.29, 1.82) is 0 Å². The first-order valence-corrected chi connectivity index (χ1v) is 2.60. The quantitative estimate of drug-likeness (QED) is 0.162. The maximum absolute atomic E-state index is 8.63. The molecular weight excluding hydrogens is 198 g/mol. The summed E-state index contributed by atoms with van der Waals surface area (Å²) >= 11 is 0. The minimum absolute atomic E-state index is 0. The van der Waals surface area contributed by atoms with Gasteiger partial charge in [-0.15, -0.1) is 0 Å². The number of rotatable bonds is 0. The fourth-order valence-electron chi connectivity index (χ4n) is 0. The molecule has 8 nitrogen and oxygen atoms in total. The van der Waals surface area contributed by atoms with E-state index < -0.39 is 15.5 Å². The first kappa shape index (κ1) is 16.7. The van der Waals surface area contributed by atoms with E-state index in [0.717, 1.165) is 0 Å². The van der Waals surface area contributed by atoms with Crippen LogP contribution in [0, 0.1) is 15.3 Å². The molecule has 0 aliphatic carbocycles. The minimum atomic E-state index is -4.92. The maximum atomic E-state index is 8.63. The Hall–Kier alpha value is 0.330. The summed E-state index contributed by atoms with van der Waals surface area (Å²) in [5.41, 5.74) is 0. The summed E-state index contributed by atoms with van der Waals surface area (Å²) < 4.78 is 32.8. The third kappa shape index (κ3) is 4120. The third-order valence-electron chi connectivity index (χ3n) is 0. The third-order valence-corrected chi connectivity index (χ3v) is 0. The zero-order valence-corrected chi connectivity index (χ0v) is 7.48. The van der Waals surface area contributed by atoms with E-state index in [2.05, 4.69) is 0 Å². The van der Waals surface area contributed by atoms with Crippen molar-refractivity contribution in [3.63, 3.8) is 0 Å². The molecule has 0 atom stereocenters. The van der Waals surface area contributed by atoms with Gasteiger partial charge in [0.05, 0.1) is 5.09 Å². The van der Waals surface area contributed by atoms with Crippen LogP contribution in [0.5, 0.6) is 0 Å². The van der Waals surface area contributed by atoms with Crippen molar-refractivity contribution in [2.24, 2.45) is 0 Å². The van der Waals surface area contributed by atoms with Gasteiger partial charge in [-0.3, -0.25) is 4.55 Å². The SMILES string of the molecule is O=S(=O)([O-])O.O=[N+]([O-])[O-].[Ca+2]. The normalized spacial score (nSPS) is 8.20. The van der Waals surface area contributed by atoms with Gasteiger partial charge >= 0.3 is 37.7 Å². The molecule has 0 aliphatic heterocycles. The molecule has 0 aromatic heterocycles. The molecule has 10 heteroatoms. The van der Waals surface area contributed by atoms with E-state index in [-0.39, 0.29) is 37.7 Å². The predicted octanol–water partition coefficient (Wildman–Crippen LogP) is -1.62.